The normalized spacial score (nSPS) is 14.6. The summed E-state index contributed by atoms with van der Waals surface area (Å²) in [5, 5.41) is 0. The Morgan fingerprint density at radius 1 is 0.800 bits per heavy atom. The lowest BCUT2D eigenvalue weighted by Crippen LogP contribution is -2.34. The van der Waals surface area contributed by atoms with Gasteiger partial charge in [-0.05, 0) is 45.8 Å². The van der Waals surface area contributed by atoms with Gasteiger partial charge < -0.3 is 4.43 Å². The summed E-state index contributed by atoms with van der Waals surface area (Å²) in [6, 6.07) is 0. The van der Waals surface area contributed by atoms with Crippen LogP contribution >= 0.6 is 7.26 Å². The summed E-state index contributed by atoms with van der Waals surface area (Å²) in [4.78, 5) is 0. The molecule has 0 aromatic rings. The molecular formula is C17H40OPSi+. The van der Waals surface area contributed by atoms with Crippen molar-refractivity contribution in [3.05, 3.63) is 0 Å². The van der Waals surface area contributed by atoms with E-state index in [9.17, 15) is 0 Å². The van der Waals surface area contributed by atoms with Crippen LogP contribution in [-0.4, -0.2) is 32.6 Å². The maximum absolute atomic E-state index is 6.58. The zero-order valence-electron chi connectivity index (χ0n) is 15.3. The predicted molar refractivity (Wildman–Crippen MR) is 100 cm³/mol. The van der Waals surface area contributed by atoms with E-state index in [4.69, 9.17) is 4.43 Å². The van der Waals surface area contributed by atoms with Gasteiger partial charge in [-0.3, -0.25) is 0 Å². The van der Waals surface area contributed by atoms with E-state index in [2.05, 4.69) is 47.3 Å². The molecule has 0 aromatic carbocycles. The van der Waals surface area contributed by atoms with Crippen LogP contribution in [0.5, 0.6) is 0 Å². The molecule has 0 aliphatic rings. The van der Waals surface area contributed by atoms with Gasteiger partial charge in [-0.15, -0.1) is 0 Å². The van der Waals surface area contributed by atoms with Gasteiger partial charge in [0.25, 0.3) is 0 Å². The quantitative estimate of drug-likeness (QED) is 0.291. The van der Waals surface area contributed by atoms with E-state index in [0.717, 1.165) is 0 Å². The highest BCUT2D eigenvalue weighted by Gasteiger charge is 2.43. The molecule has 0 saturated heterocycles. The van der Waals surface area contributed by atoms with E-state index < -0.39 is 15.6 Å². The summed E-state index contributed by atoms with van der Waals surface area (Å²) in [5.41, 5.74) is 0. The molecule has 1 atom stereocenters. The van der Waals surface area contributed by atoms with Crippen LogP contribution in [-0.2, 0) is 4.43 Å². The lowest BCUT2D eigenvalue weighted by molar-refractivity contribution is 0.290. The number of hydrogen-bond acceptors (Lipinski definition) is 1. The molecule has 0 aliphatic carbocycles. The maximum Gasteiger partial charge on any atom is 0.188 e. The van der Waals surface area contributed by atoms with Crippen molar-refractivity contribution in [3.63, 3.8) is 0 Å². The van der Waals surface area contributed by atoms with Crippen LogP contribution in [0.4, 0.5) is 0 Å². The van der Waals surface area contributed by atoms with Crippen molar-refractivity contribution in [3.8, 4) is 0 Å². The first-order chi connectivity index (χ1) is 9.31. The molecule has 3 heteroatoms. The highest BCUT2D eigenvalue weighted by molar-refractivity contribution is 7.76. The van der Waals surface area contributed by atoms with Gasteiger partial charge in [-0.2, -0.15) is 0 Å². The van der Waals surface area contributed by atoms with Gasteiger partial charge in [-0.25, -0.2) is 0 Å². The Balaban J connectivity index is 4.99. The third-order valence-corrected chi connectivity index (χ3v) is 10.7. The fourth-order valence-corrected chi connectivity index (χ4v) is 10.4. The zero-order valence-corrected chi connectivity index (χ0v) is 17.2. The lowest BCUT2D eigenvalue weighted by Gasteiger charge is -2.36. The fraction of sp³-hybridized carbons (Fsp3) is 1.00. The van der Waals surface area contributed by atoms with Crippen molar-refractivity contribution >= 4 is 15.6 Å². The Bertz CT molecular complexity index is 216. The summed E-state index contributed by atoms with van der Waals surface area (Å²) in [7, 11) is -2.34. The van der Waals surface area contributed by atoms with Gasteiger partial charge in [-0.1, -0.05) is 40.0 Å². The molecule has 0 spiro atoms. The van der Waals surface area contributed by atoms with Gasteiger partial charge in [0.1, 0.15) is 0 Å². The summed E-state index contributed by atoms with van der Waals surface area (Å²) >= 11 is 0. The first-order valence-electron chi connectivity index (χ1n) is 8.85. The predicted octanol–water partition coefficient (Wildman–Crippen LogP) is 6.60. The Morgan fingerprint density at radius 2 is 1.15 bits per heavy atom. The lowest BCUT2D eigenvalue weighted by atomic mass is 10.4. The largest absolute Gasteiger partial charge is 0.385 e. The topological polar surface area (TPSA) is 9.23 Å². The van der Waals surface area contributed by atoms with Crippen LogP contribution in [0, 0.1) is 0 Å². The summed E-state index contributed by atoms with van der Waals surface area (Å²) in [6.07, 6.45) is 12.6. The van der Waals surface area contributed by atoms with Crippen molar-refractivity contribution in [1.29, 1.82) is 0 Å². The van der Waals surface area contributed by atoms with Gasteiger partial charge >= 0.3 is 0 Å². The third-order valence-electron chi connectivity index (χ3n) is 4.17. The highest BCUT2D eigenvalue weighted by Crippen LogP contribution is 2.65. The Kier molecular flexibility index (Phi) is 10.7. The van der Waals surface area contributed by atoms with E-state index in [1.807, 2.05) is 0 Å². The van der Waals surface area contributed by atoms with Crippen molar-refractivity contribution < 1.29 is 4.43 Å². The van der Waals surface area contributed by atoms with Crippen LogP contribution in [0.25, 0.3) is 0 Å². The van der Waals surface area contributed by atoms with E-state index in [1.165, 1.54) is 57.0 Å². The van der Waals surface area contributed by atoms with Crippen LogP contribution < -0.4 is 0 Å². The van der Waals surface area contributed by atoms with Crippen LogP contribution in [0.2, 0.25) is 19.6 Å². The van der Waals surface area contributed by atoms with Crippen LogP contribution in [0.3, 0.4) is 0 Å². The molecule has 0 fully saturated rings. The molecule has 0 heterocycles. The van der Waals surface area contributed by atoms with Gasteiger partial charge in [0.15, 0.2) is 14.2 Å². The molecule has 0 aromatic heterocycles. The molecule has 20 heavy (non-hydrogen) atoms. The summed E-state index contributed by atoms with van der Waals surface area (Å²) in [5.74, 6) is 0.541. The minimum absolute atomic E-state index is 0.541. The first-order valence-corrected chi connectivity index (χ1v) is 14.7. The van der Waals surface area contributed by atoms with Crippen LogP contribution in [0.15, 0.2) is 0 Å². The molecule has 0 amide bonds. The second-order valence-electron chi connectivity index (χ2n) is 7.28. The smallest absolute Gasteiger partial charge is 0.188 e. The molecule has 0 rings (SSSR count). The average molecular weight is 320 g/mol. The number of unbranched alkanes of at least 4 members (excludes halogenated alkanes) is 3. The van der Waals surface area contributed by atoms with Gasteiger partial charge in [0.2, 0.25) is 0 Å². The monoisotopic (exact) mass is 319 g/mol. The van der Waals surface area contributed by atoms with E-state index >= 15 is 0 Å². The van der Waals surface area contributed by atoms with Gasteiger partial charge in [0, 0.05) is 7.26 Å². The average Bonchev–Trinajstić information content (AvgIpc) is 2.36. The second kappa shape index (κ2) is 10.4. The van der Waals surface area contributed by atoms with E-state index in [-0.39, 0.29) is 0 Å². The van der Waals surface area contributed by atoms with Crippen molar-refractivity contribution in [1.82, 2.24) is 0 Å². The Hall–Kier alpha value is 0.607. The summed E-state index contributed by atoms with van der Waals surface area (Å²) < 4.78 is 6.58. The number of rotatable bonds is 12. The van der Waals surface area contributed by atoms with Crippen LogP contribution in [0.1, 0.15) is 66.2 Å². The minimum Gasteiger partial charge on any atom is -0.385 e. The first kappa shape index (κ1) is 20.6. The van der Waals surface area contributed by atoms with Crippen molar-refractivity contribution in [2.45, 2.75) is 91.7 Å². The molecule has 122 valence electrons. The fourth-order valence-electron chi connectivity index (χ4n) is 2.92. The summed E-state index contributed by atoms with van der Waals surface area (Å²) in [6.45, 7) is 16.4. The van der Waals surface area contributed by atoms with Gasteiger partial charge in [0.05, 0.1) is 18.5 Å². The SMILES string of the molecule is CCCC[P+](CCCC)(CCCC)C(C)O[Si](C)(C)C. The van der Waals surface area contributed by atoms with Crippen molar-refractivity contribution in [2.75, 3.05) is 18.5 Å². The van der Waals surface area contributed by atoms with Crippen molar-refractivity contribution in [2.24, 2.45) is 0 Å². The zero-order chi connectivity index (χ0) is 15.6. The Labute approximate surface area is 130 Å². The molecule has 0 N–H and O–H groups in total. The highest BCUT2D eigenvalue weighted by atomic mass is 31.2. The standard InChI is InChI=1S/C17H40OPSi/c1-8-11-14-19(15-12-9-2,16-13-10-3)17(4)18-20(5,6)7/h17H,8-16H2,1-7H3/q+1. The van der Waals surface area contributed by atoms with E-state index in [1.54, 1.807) is 0 Å². The Morgan fingerprint density at radius 3 is 1.40 bits per heavy atom. The number of hydrogen-bond donors (Lipinski definition) is 0. The molecule has 0 radical (unpaired) electrons. The molecule has 0 saturated carbocycles. The van der Waals surface area contributed by atoms with E-state index in [0.29, 0.717) is 5.85 Å². The molecule has 1 nitrogen and oxygen atoms in total. The molecular weight excluding hydrogens is 279 g/mol. The second-order valence-corrected chi connectivity index (χ2v) is 16.2. The third kappa shape index (κ3) is 8.15. The minimum atomic E-state index is -1.42. The molecule has 0 bridgehead atoms. The maximum atomic E-state index is 6.58. The molecule has 1 unspecified atom stereocenters. The molecule has 0 aliphatic heterocycles.